The molecule has 0 radical (unpaired) electrons. The molecule has 1 aliphatic heterocycles. The van der Waals surface area contributed by atoms with Crippen LogP contribution in [0.4, 0.5) is 0 Å². The first-order chi connectivity index (χ1) is 13.4. The highest BCUT2D eigenvalue weighted by Crippen LogP contribution is 2.23. The van der Waals surface area contributed by atoms with Crippen molar-refractivity contribution in [2.75, 3.05) is 20.2 Å². The van der Waals surface area contributed by atoms with Crippen LogP contribution in [0.1, 0.15) is 31.6 Å². The van der Waals surface area contributed by atoms with Crippen molar-refractivity contribution in [2.24, 2.45) is 0 Å². The Morgan fingerprint density at radius 1 is 1.25 bits per heavy atom. The fourth-order valence-electron chi connectivity index (χ4n) is 3.10. The number of hydrogen-bond acceptors (Lipinski definition) is 7. The van der Waals surface area contributed by atoms with Gasteiger partial charge in [-0.1, -0.05) is 5.16 Å². The van der Waals surface area contributed by atoms with Crippen LogP contribution in [-0.2, 0) is 16.0 Å². The van der Waals surface area contributed by atoms with Crippen molar-refractivity contribution < 1.29 is 29.1 Å². The molecule has 0 spiro atoms. The fourth-order valence-corrected chi connectivity index (χ4v) is 3.10. The van der Waals surface area contributed by atoms with E-state index in [2.05, 4.69) is 10.1 Å². The number of methoxy groups -OCH3 is 1. The van der Waals surface area contributed by atoms with Crippen molar-refractivity contribution in [1.29, 1.82) is 0 Å². The van der Waals surface area contributed by atoms with E-state index < -0.39 is 11.6 Å². The summed E-state index contributed by atoms with van der Waals surface area (Å²) in [4.78, 5) is 29.2. The van der Waals surface area contributed by atoms with Crippen LogP contribution in [0.5, 0.6) is 5.75 Å². The normalized spacial score (nSPS) is 16.0. The summed E-state index contributed by atoms with van der Waals surface area (Å²) in [6.45, 7) is 0.480. The molecule has 3 rings (SSSR count). The predicted molar refractivity (Wildman–Crippen MR) is 97.6 cm³/mol. The smallest absolute Gasteiger partial charge is 0.335 e. The molecule has 0 saturated carbocycles. The molecule has 1 aliphatic rings. The average molecular weight is 389 g/mol. The molecule has 9 nitrogen and oxygen atoms in total. The van der Waals surface area contributed by atoms with Crippen LogP contribution >= 0.6 is 0 Å². The van der Waals surface area contributed by atoms with E-state index in [0.717, 1.165) is 11.3 Å². The maximum absolute atomic E-state index is 12.3. The van der Waals surface area contributed by atoms with Gasteiger partial charge in [-0.25, -0.2) is 4.79 Å². The van der Waals surface area contributed by atoms with Gasteiger partial charge in [-0.3, -0.25) is 4.79 Å². The molecule has 1 amide bonds. The Morgan fingerprint density at radius 3 is 2.54 bits per heavy atom. The molecular formula is C19H23N3O6. The van der Waals surface area contributed by atoms with Crippen molar-refractivity contribution in [3.05, 3.63) is 30.2 Å². The summed E-state index contributed by atoms with van der Waals surface area (Å²) >= 11 is 0. The maximum Gasteiger partial charge on any atom is 0.335 e. The van der Waals surface area contributed by atoms with Gasteiger partial charge >= 0.3 is 5.97 Å². The van der Waals surface area contributed by atoms with E-state index >= 15 is 0 Å². The Hall–Kier alpha value is -2.94. The van der Waals surface area contributed by atoms with Crippen molar-refractivity contribution in [3.63, 3.8) is 0 Å². The summed E-state index contributed by atoms with van der Waals surface area (Å²) < 4.78 is 10.4. The topological polar surface area (TPSA) is 126 Å². The lowest BCUT2D eigenvalue weighted by Gasteiger charge is -2.35. The van der Waals surface area contributed by atoms with E-state index in [-0.39, 0.29) is 31.8 Å². The lowest BCUT2D eigenvalue weighted by Crippen LogP contribution is -2.50. The number of aryl methyl sites for hydroxylation is 1. The van der Waals surface area contributed by atoms with Crippen molar-refractivity contribution >= 4 is 11.9 Å². The van der Waals surface area contributed by atoms with Gasteiger partial charge < -0.3 is 24.4 Å². The maximum atomic E-state index is 12.3. The summed E-state index contributed by atoms with van der Waals surface area (Å²) in [7, 11) is 1.60. The van der Waals surface area contributed by atoms with Crippen LogP contribution in [0.15, 0.2) is 28.8 Å². The highest BCUT2D eigenvalue weighted by atomic mass is 16.5. The molecule has 0 atom stereocenters. The van der Waals surface area contributed by atoms with Gasteiger partial charge in [0.05, 0.1) is 7.11 Å². The molecular weight excluding hydrogens is 366 g/mol. The first kappa shape index (κ1) is 19.8. The number of aliphatic carboxylic acids is 1. The van der Waals surface area contributed by atoms with Gasteiger partial charge in [0.25, 0.3) is 0 Å². The Morgan fingerprint density at radius 2 is 1.93 bits per heavy atom. The van der Waals surface area contributed by atoms with E-state index in [4.69, 9.17) is 14.4 Å². The van der Waals surface area contributed by atoms with E-state index in [9.17, 15) is 14.7 Å². The van der Waals surface area contributed by atoms with Gasteiger partial charge in [-0.15, -0.1) is 0 Å². The lowest BCUT2D eigenvalue weighted by atomic mass is 9.91. The third-order valence-corrected chi connectivity index (χ3v) is 4.94. The van der Waals surface area contributed by atoms with E-state index in [1.165, 1.54) is 0 Å². The molecule has 150 valence electrons. The third kappa shape index (κ3) is 4.48. The average Bonchev–Trinajstić information content (AvgIpc) is 3.17. The van der Waals surface area contributed by atoms with Crippen LogP contribution in [-0.4, -0.2) is 62.9 Å². The molecule has 2 aromatic rings. The van der Waals surface area contributed by atoms with Crippen LogP contribution in [0, 0.1) is 0 Å². The quantitative estimate of drug-likeness (QED) is 0.730. The van der Waals surface area contributed by atoms with Crippen LogP contribution in [0.3, 0.4) is 0 Å². The second-order valence-corrected chi connectivity index (χ2v) is 6.81. The summed E-state index contributed by atoms with van der Waals surface area (Å²) in [5.41, 5.74) is -0.913. The zero-order chi connectivity index (χ0) is 20.1. The van der Waals surface area contributed by atoms with Gasteiger partial charge in [0, 0.05) is 44.3 Å². The molecule has 2 heterocycles. The van der Waals surface area contributed by atoms with Crippen molar-refractivity contribution in [3.8, 4) is 17.1 Å². The van der Waals surface area contributed by atoms with Gasteiger partial charge in [-0.05, 0) is 30.7 Å². The number of nitrogens with zero attached hydrogens (tertiary/aromatic N) is 3. The minimum absolute atomic E-state index is 0.0446. The summed E-state index contributed by atoms with van der Waals surface area (Å²) in [6.07, 6.45) is 1.40. The minimum Gasteiger partial charge on any atom is -0.497 e. The van der Waals surface area contributed by atoms with E-state index in [1.54, 1.807) is 12.0 Å². The molecule has 1 aromatic carbocycles. The number of carboxylic acid groups (broad SMARTS) is 1. The molecule has 1 saturated heterocycles. The second-order valence-electron chi connectivity index (χ2n) is 6.81. The first-order valence-corrected chi connectivity index (χ1v) is 9.12. The number of carbonyl (C=O) groups is 2. The predicted octanol–water partition coefficient (Wildman–Crippen LogP) is 1.51. The lowest BCUT2D eigenvalue weighted by molar-refractivity contribution is -0.165. The molecule has 9 heteroatoms. The number of carbonyl (C=O) groups excluding carboxylic acids is 1. The number of carboxylic acids is 1. The number of benzene rings is 1. The number of aliphatic hydroxyl groups is 1. The number of piperidine rings is 1. The molecule has 0 bridgehead atoms. The largest absolute Gasteiger partial charge is 0.497 e. The van der Waals surface area contributed by atoms with E-state index in [1.807, 2.05) is 24.3 Å². The summed E-state index contributed by atoms with van der Waals surface area (Å²) in [5.74, 6) is 0.377. The number of amides is 1. The number of aromatic nitrogens is 2. The Bertz CT molecular complexity index is 824. The number of ether oxygens (including phenoxy) is 1. The zero-order valence-electron chi connectivity index (χ0n) is 15.6. The highest BCUT2D eigenvalue weighted by molar-refractivity contribution is 5.79. The summed E-state index contributed by atoms with van der Waals surface area (Å²) in [5, 5.41) is 22.9. The zero-order valence-corrected chi connectivity index (χ0v) is 15.6. The Kier molecular flexibility index (Phi) is 5.93. The molecule has 1 fully saturated rings. The minimum atomic E-state index is -1.72. The van der Waals surface area contributed by atoms with Crippen LogP contribution in [0.25, 0.3) is 11.4 Å². The molecule has 1 aromatic heterocycles. The van der Waals surface area contributed by atoms with Gasteiger partial charge in [-0.2, -0.15) is 4.98 Å². The van der Waals surface area contributed by atoms with Crippen LogP contribution in [0.2, 0.25) is 0 Å². The molecule has 0 unspecified atom stereocenters. The molecule has 0 aliphatic carbocycles. The molecule has 28 heavy (non-hydrogen) atoms. The monoisotopic (exact) mass is 389 g/mol. The second kappa shape index (κ2) is 8.39. The van der Waals surface area contributed by atoms with Crippen molar-refractivity contribution in [2.45, 2.75) is 37.7 Å². The Balaban J connectivity index is 1.46. The van der Waals surface area contributed by atoms with Gasteiger partial charge in [0.1, 0.15) is 5.75 Å². The molecule has 2 N–H and O–H groups in total. The van der Waals surface area contributed by atoms with Crippen LogP contribution < -0.4 is 4.74 Å². The number of rotatable bonds is 7. The fraction of sp³-hybridized carbons (Fsp3) is 0.474. The number of likely N-dealkylation sites (tertiary alicyclic amines) is 1. The third-order valence-electron chi connectivity index (χ3n) is 4.94. The SMILES string of the molecule is COc1ccc(-c2noc(CCCC(=O)N3CCC(O)(C(=O)O)CC3)n2)cc1. The van der Waals surface area contributed by atoms with Crippen molar-refractivity contribution in [1.82, 2.24) is 15.0 Å². The van der Waals surface area contributed by atoms with Gasteiger partial charge in [0.15, 0.2) is 5.60 Å². The van der Waals surface area contributed by atoms with Gasteiger partial charge in [0.2, 0.25) is 17.6 Å². The highest BCUT2D eigenvalue weighted by Gasteiger charge is 2.40. The standard InChI is InChI=1S/C19H23N3O6/c1-27-14-7-5-13(6-8-14)17-20-15(28-21-17)3-2-4-16(23)22-11-9-19(26,10-12-22)18(24)25/h5-8,26H,2-4,9-12H2,1H3,(H,24,25). The van der Waals surface area contributed by atoms with E-state index in [0.29, 0.717) is 31.0 Å². The Labute approximate surface area is 161 Å². The number of hydrogen-bond donors (Lipinski definition) is 2. The first-order valence-electron chi connectivity index (χ1n) is 9.12. The summed E-state index contributed by atoms with van der Waals surface area (Å²) in [6, 6.07) is 7.31.